The van der Waals surface area contributed by atoms with Crippen LogP contribution in [0.1, 0.15) is 25.0 Å². The Hall–Kier alpha value is -2.46. The van der Waals surface area contributed by atoms with Crippen molar-refractivity contribution in [1.82, 2.24) is 10.6 Å². The van der Waals surface area contributed by atoms with Gasteiger partial charge in [0.15, 0.2) is 0 Å². The minimum Gasteiger partial charge on any atom is -0.358 e. The van der Waals surface area contributed by atoms with Crippen LogP contribution in [0.5, 0.6) is 0 Å². The lowest BCUT2D eigenvalue weighted by Gasteiger charge is -2.25. The number of nitrogens with one attached hydrogen (secondary N) is 2. The van der Waals surface area contributed by atoms with Gasteiger partial charge in [-0.2, -0.15) is 5.26 Å². The molecule has 0 aliphatic rings. The molecule has 0 radical (unpaired) electrons. The standard InChI is InChI=1S/C15H19FN4O2/c1-15(2,10-4-9(7-17)5-11(16)6-10)14(22)20-8-12(18)13(21)19-3/h4-6,12H,8,18H2,1-3H3,(H,19,21)(H,20,22)/t12-/m0/s1. The largest absolute Gasteiger partial charge is 0.358 e. The minimum absolute atomic E-state index is 0.0393. The van der Waals surface area contributed by atoms with Crippen molar-refractivity contribution in [3.8, 4) is 6.07 Å². The Morgan fingerprint density at radius 1 is 1.41 bits per heavy atom. The lowest BCUT2D eigenvalue weighted by atomic mass is 9.83. The van der Waals surface area contributed by atoms with Gasteiger partial charge in [0, 0.05) is 13.6 Å². The molecule has 0 bridgehead atoms. The normalized spacial score (nSPS) is 12.2. The van der Waals surface area contributed by atoms with Crippen molar-refractivity contribution in [2.75, 3.05) is 13.6 Å². The van der Waals surface area contributed by atoms with Gasteiger partial charge in [-0.05, 0) is 37.6 Å². The van der Waals surface area contributed by atoms with Crippen LogP contribution in [0, 0.1) is 17.1 Å². The van der Waals surface area contributed by atoms with E-state index in [9.17, 15) is 14.0 Å². The zero-order valence-electron chi connectivity index (χ0n) is 12.7. The molecule has 0 unspecified atom stereocenters. The average molecular weight is 306 g/mol. The first-order valence-corrected chi connectivity index (χ1v) is 6.69. The molecule has 4 N–H and O–H groups in total. The molecule has 0 saturated heterocycles. The van der Waals surface area contributed by atoms with E-state index in [1.165, 1.54) is 19.2 Å². The molecule has 1 rings (SSSR count). The van der Waals surface area contributed by atoms with Crippen LogP contribution in [0.2, 0.25) is 0 Å². The third-order valence-corrected chi connectivity index (χ3v) is 3.38. The number of nitrogens with two attached hydrogens (primary N) is 1. The summed E-state index contributed by atoms with van der Waals surface area (Å²) in [7, 11) is 1.45. The van der Waals surface area contributed by atoms with Gasteiger partial charge in [-0.3, -0.25) is 9.59 Å². The predicted octanol–water partition coefficient (Wildman–Crippen LogP) is 0.164. The molecule has 0 heterocycles. The third kappa shape index (κ3) is 4.02. The number of nitrogens with zero attached hydrogens (tertiary/aromatic N) is 1. The van der Waals surface area contributed by atoms with Gasteiger partial charge in [0.05, 0.1) is 17.0 Å². The monoisotopic (exact) mass is 306 g/mol. The number of benzene rings is 1. The molecule has 118 valence electrons. The van der Waals surface area contributed by atoms with Crippen LogP contribution in [0.15, 0.2) is 18.2 Å². The fraction of sp³-hybridized carbons (Fsp3) is 0.400. The van der Waals surface area contributed by atoms with E-state index in [0.29, 0.717) is 5.56 Å². The second-order valence-electron chi connectivity index (χ2n) is 5.40. The second kappa shape index (κ2) is 7.00. The highest BCUT2D eigenvalue weighted by Crippen LogP contribution is 2.25. The molecule has 0 aromatic heterocycles. The van der Waals surface area contributed by atoms with Crippen molar-refractivity contribution in [2.45, 2.75) is 25.3 Å². The number of carbonyl (C=O) groups is 2. The van der Waals surface area contributed by atoms with E-state index in [-0.39, 0.29) is 12.1 Å². The Balaban J connectivity index is 2.90. The summed E-state index contributed by atoms with van der Waals surface area (Å²) in [5.41, 5.74) is 5.03. The molecular weight excluding hydrogens is 287 g/mol. The average Bonchev–Trinajstić information content (AvgIpc) is 2.50. The number of hydrogen-bond acceptors (Lipinski definition) is 4. The molecule has 22 heavy (non-hydrogen) atoms. The van der Waals surface area contributed by atoms with E-state index in [1.54, 1.807) is 13.8 Å². The highest BCUT2D eigenvalue weighted by atomic mass is 19.1. The molecule has 6 nitrogen and oxygen atoms in total. The van der Waals surface area contributed by atoms with Crippen molar-refractivity contribution in [2.24, 2.45) is 5.73 Å². The third-order valence-electron chi connectivity index (χ3n) is 3.38. The van der Waals surface area contributed by atoms with E-state index in [4.69, 9.17) is 11.0 Å². The van der Waals surface area contributed by atoms with Gasteiger partial charge < -0.3 is 16.4 Å². The lowest BCUT2D eigenvalue weighted by molar-refractivity contribution is -0.126. The van der Waals surface area contributed by atoms with Gasteiger partial charge >= 0.3 is 0 Å². The van der Waals surface area contributed by atoms with Crippen LogP contribution >= 0.6 is 0 Å². The Kier molecular flexibility index (Phi) is 5.60. The summed E-state index contributed by atoms with van der Waals surface area (Å²) in [6, 6.07) is 4.74. The summed E-state index contributed by atoms with van der Waals surface area (Å²) in [4.78, 5) is 23.6. The second-order valence-corrected chi connectivity index (χ2v) is 5.40. The zero-order valence-corrected chi connectivity index (χ0v) is 12.7. The Morgan fingerprint density at radius 2 is 2.05 bits per heavy atom. The summed E-state index contributed by atoms with van der Waals surface area (Å²) in [6.45, 7) is 3.16. The van der Waals surface area contributed by atoms with Crippen LogP contribution < -0.4 is 16.4 Å². The first-order chi connectivity index (χ1) is 10.2. The molecular formula is C15H19FN4O2. The number of amides is 2. The Labute approximate surface area is 128 Å². The summed E-state index contributed by atoms with van der Waals surface area (Å²) in [6.07, 6.45) is 0. The SMILES string of the molecule is CNC(=O)[C@@H](N)CNC(=O)C(C)(C)c1cc(F)cc(C#N)c1. The maximum atomic E-state index is 13.5. The van der Waals surface area contributed by atoms with Crippen LogP contribution in [0.4, 0.5) is 4.39 Å². The summed E-state index contributed by atoms with van der Waals surface area (Å²) >= 11 is 0. The molecule has 1 atom stereocenters. The van der Waals surface area contributed by atoms with Crippen molar-refractivity contribution in [3.63, 3.8) is 0 Å². The van der Waals surface area contributed by atoms with Gasteiger partial charge in [-0.25, -0.2) is 4.39 Å². The van der Waals surface area contributed by atoms with Crippen molar-refractivity contribution >= 4 is 11.8 Å². The minimum atomic E-state index is -1.07. The van der Waals surface area contributed by atoms with E-state index in [1.807, 2.05) is 6.07 Å². The number of rotatable bonds is 5. The molecule has 0 fully saturated rings. The smallest absolute Gasteiger partial charge is 0.238 e. The van der Waals surface area contributed by atoms with Crippen LogP contribution in [-0.4, -0.2) is 31.4 Å². The molecule has 2 amide bonds. The maximum Gasteiger partial charge on any atom is 0.238 e. The van der Waals surface area contributed by atoms with Gasteiger partial charge in [0.25, 0.3) is 0 Å². The Bertz CT molecular complexity index is 622. The van der Waals surface area contributed by atoms with Crippen LogP contribution in [-0.2, 0) is 15.0 Å². The lowest BCUT2D eigenvalue weighted by Crippen LogP contribution is -2.50. The topological polar surface area (TPSA) is 108 Å². The maximum absolute atomic E-state index is 13.5. The van der Waals surface area contributed by atoms with E-state index in [2.05, 4.69) is 10.6 Å². The van der Waals surface area contributed by atoms with Crippen molar-refractivity contribution in [3.05, 3.63) is 35.1 Å². The quantitative estimate of drug-likeness (QED) is 0.720. The van der Waals surface area contributed by atoms with Gasteiger partial charge in [0.1, 0.15) is 11.9 Å². The number of nitriles is 1. The number of carbonyl (C=O) groups excluding carboxylic acids is 2. The van der Waals surface area contributed by atoms with Crippen molar-refractivity contribution < 1.29 is 14.0 Å². The molecule has 0 spiro atoms. The van der Waals surface area contributed by atoms with E-state index >= 15 is 0 Å². The highest BCUT2D eigenvalue weighted by Gasteiger charge is 2.31. The van der Waals surface area contributed by atoms with Gasteiger partial charge in [0.2, 0.25) is 11.8 Å². The van der Waals surface area contributed by atoms with Crippen LogP contribution in [0.25, 0.3) is 0 Å². The van der Waals surface area contributed by atoms with Crippen molar-refractivity contribution in [1.29, 1.82) is 5.26 Å². The zero-order chi connectivity index (χ0) is 16.9. The Morgan fingerprint density at radius 3 is 2.59 bits per heavy atom. The molecule has 1 aromatic rings. The van der Waals surface area contributed by atoms with E-state index in [0.717, 1.165) is 6.07 Å². The predicted molar refractivity (Wildman–Crippen MR) is 79.2 cm³/mol. The van der Waals surface area contributed by atoms with E-state index < -0.39 is 29.1 Å². The number of hydrogen-bond donors (Lipinski definition) is 3. The summed E-state index contributed by atoms with van der Waals surface area (Å²) in [5.74, 6) is -1.39. The van der Waals surface area contributed by atoms with Crippen LogP contribution in [0.3, 0.4) is 0 Å². The highest BCUT2D eigenvalue weighted by molar-refractivity contribution is 5.88. The molecule has 1 aromatic carbocycles. The molecule has 0 aliphatic heterocycles. The fourth-order valence-corrected chi connectivity index (χ4v) is 1.85. The number of halogens is 1. The summed E-state index contributed by atoms with van der Waals surface area (Å²) < 4.78 is 13.5. The molecule has 0 aliphatic carbocycles. The van der Waals surface area contributed by atoms with Gasteiger partial charge in [-0.15, -0.1) is 0 Å². The molecule has 0 saturated carbocycles. The fourth-order valence-electron chi connectivity index (χ4n) is 1.85. The first kappa shape index (κ1) is 17.6. The number of likely N-dealkylation sites (N-methyl/N-ethyl adjacent to an activating group) is 1. The molecule has 7 heteroatoms. The van der Waals surface area contributed by atoms with Gasteiger partial charge in [-0.1, -0.05) is 0 Å². The first-order valence-electron chi connectivity index (χ1n) is 6.69. The summed E-state index contributed by atoms with van der Waals surface area (Å²) in [5, 5.41) is 13.8.